The third kappa shape index (κ3) is 5.09. The summed E-state index contributed by atoms with van der Waals surface area (Å²) in [6.45, 7) is 0.130. The van der Waals surface area contributed by atoms with Gasteiger partial charge in [-0.05, 0) is 52.7 Å². The van der Waals surface area contributed by atoms with E-state index < -0.39 is 38.6 Å². The first kappa shape index (κ1) is 22.5. The van der Waals surface area contributed by atoms with E-state index in [1.165, 1.54) is 6.07 Å². The third-order valence-electron chi connectivity index (χ3n) is 3.99. The van der Waals surface area contributed by atoms with E-state index in [4.69, 9.17) is 44.3 Å². The molecule has 0 aliphatic heterocycles. The van der Waals surface area contributed by atoms with E-state index in [-0.39, 0.29) is 18.8 Å². The van der Waals surface area contributed by atoms with Gasteiger partial charge in [-0.1, -0.05) is 35.3 Å². The molecule has 3 aromatic carbocycles. The highest BCUT2D eigenvalue weighted by atomic mass is 35.5. The molecule has 0 saturated carbocycles. The highest BCUT2D eigenvalue weighted by Crippen LogP contribution is 2.44. The molecular formula is C20H11Cl3F4O3. The van der Waals surface area contributed by atoms with Gasteiger partial charge in [0.25, 0.3) is 0 Å². The lowest BCUT2D eigenvalue weighted by Gasteiger charge is -2.15. The van der Waals surface area contributed by atoms with Crippen molar-refractivity contribution in [1.82, 2.24) is 0 Å². The molecule has 0 aliphatic rings. The van der Waals surface area contributed by atoms with Gasteiger partial charge in [0.15, 0.2) is 11.6 Å². The van der Waals surface area contributed by atoms with Crippen LogP contribution >= 0.6 is 34.8 Å². The Morgan fingerprint density at radius 2 is 1.57 bits per heavy atom. The number of carbonyl (C=O) groups is 1. The standard InChI is InChI=1S/C20H11Cl3F4O3/c21-15-9-14(20(25,26)27)18(24)17(23)19(15)30-13-4-2-10-7-12(3-1-11(10)8-13)29-6-5-16(22)28/h1-4,7-9H,5-6H2. The van der Waals surface area contributed by atoms with Crippen LogP contribution in [0.25, 0.3) is 10.8 Å². The Labute approximate surface area is 183 Å². The summed E-state index contributed by atoms with van der Waals surface area (Å²) in [6, 6.07) is 10.2. The van der Waals surface area contributed by atoms with Gasteiger partial charge in [0, 0.05) is 0 Å². The second kappa shape index (κ2) is 8.88. The fourth-order valence-electron chi connectivity index (χ4n) is 2.60. The van der Waals surface area contributed by atoms with Gasteiger partial charge in [-0.25, -0.2) is 4.39 Å². The minimum absolute atomic E-state index is 0.0670. The summed E-state index contributed by atoms with van der Waals surface area (Å²) >= 11 is 16.8. The first-order valence-corrected chi connectivity index (χ1v) is 9.47. The van der Waals surface area contributed by atoms with Crippen molar-refractivity contribution in [1.29, 1.82) is 0 Å². The molecule has 30 heavy (non-hydrogen) atoms. The molecule has 3 nitrogen and oxygen atoms in total. The summed E-state index contributed by atoms with van der Waals surface area (Å²) in [4.78, 5) is 10.7. The summed E-state index contributed by atoms with van der Waals surface area (Å²) < 4.78 is 63.5. The van der Waals surface area contributed by atoms with Crippen LogP contribution < -0.4 is 9.47 Å². The van der Waals surface area contributed by atoms with Crippen LogP contribution in [0.5, 0.6) is 17.2 Å². The molecule has 0 bridgehead atoms. The maximum Gasteiger partial charge on any atom is 0.419 e. The number of fused-ring (bicyclic) bond motifs is 1. The minimum Gasteiger partial charge on any atom is -0.493 e. The van der Waals surface area contributed by atoms with Crippen LogP contribution in [0.2, 0.25) is 10.0 Å². The number of benzene rings is 3. The summed E-state index contributed by atoms with van der Waals surface area (Å²) in [5, 5.41) is -0.394. The molecular weight excluding hydrogens is 471 g/mol. The van der Waals surface area contributed by atoms with Crippen molar-refractivity contribution in [2.75, 3.05) is 6.61 Å². The Hall–Kier alpha value is -2.22. The number of carbonyl (C=O) groups excluding carboxylic acids is 1. The van der Waals surface area contributed by atoms with Gasteiger partial charge in [-0.15, -0.1) is 0 Å². The van der Waals surface area contributed by atoms with E-state index in [1.54, 1.807) is 30.3 Å². The van der Waals surface area contributed by atoms with Crippen molar-refractivity contribution in [2.24, 2.45) is 0 Å². The van der Waals surface area contributed by atoms with E-state index >= 15 is 0 Å². The van der Waals surface area contributed by atoms with Crippen LogP contribution in [0, 0.1) is 5.82 Å². The second-order valence-electron chi connectivity index (χ2n) is 6.09. The largest absolute Gasteiger partial charge is 0.493 e. The highest BCUT2D eigenvalue weighted by Gasteiger charge is 2.37. The molecule has 3 aromatic rings. The van der Waals surface area contributed by atoms with Crippen molar-refractivity contribution in [3.05, 3.63) is 63.9 Å². The maximum absolute atomic E-state index is 14.1. The number of hydrogen-bond donors (Lipinski definition) is 0. The maximum atomic E-state index is 14.1. The lowest BCUT2D eigenvalue weighted by molar-refractivity contribution is -0.140. The van der Waals surface area contributed by atoms with E-state index in [2.05, 4.69) is 0 Å². The number of halogens is 7. The Bertz CT molecular complexity index is 1120. The Morgan fingerprint density at radius 1 is 0.967 bits per heavy atom. The lowest BCUT2D eigenvalue weighted by atomic mass is 10.1. The van der Waals surface area contributed by atoms with Crippen LogP contribution in [0.4, 0.5) is 17.6 Å². The highest BCUT2D eigenvalue weighted by molar-refractivity contribution is 6.63. The number of ether oxygens (including phenoxy) is 2. The van der Waals surface area contributed by atoms with Crippen molar-refractivity contribution in [2.45, 2.75) is 12.6 Å². The van der Waals surface area contributed by atoms with Crippen molar-refractivity contribution < 1.29 is 31.8 Å². The molecule has 0 aromatic heterocycles. The molecule has 0 fully saturated rings. The average molecular weight is 482 g/mol. The summed E-state index contributed by atoms with van der Waals surface area (Å²) in [5.41, 5.74) is -1.58. The molecule has 158 valence electrons. The molecule has 0 atom stereocenters. The van der Waals surface area contributed by atoms with E-state index in [9.17, 15) is 22.4 Å². The summed E-state index contributed by atoms with van der Waals surface area (Å²) in [5.74, 6) is -1.38. The van der Waals surface area contributed by atoms with Gasteiger partial charge in [0.1, 0.15) is 16.5 Å². The molecule has 3 rings (SSSR count). The zero-order valence-corrected chi connectivity index (χ0v) is 17.1. The summed E-state index contributed by atoms with van der Waals surface area (Å²) in [7, 11) is 0. The second-order valence-corrected chi connectivity index (χ2v) is 7.29. The van der Waals surface area contributed by atoms with Crippen LogP contribution in [0.1, 0.15) is 12.0 Å². The van der Waals surface area contributed by atoms with Crippen molar-refractivity contribution >= 4 is 50.8 Å². The number of hydrogen-bond acceptors (Lipinski definition) is 3. The topological polar surface area (TPSA) is 35.5 Å². The van der Waals surface area contributed by atoms with Crippen molar-refractivity contribution in [3.63, 3.8) is 0 Å². The molecule has 0 N–H and O–H groups in total. The van der Waals surface area contributed by atoms with Gasteiger partial charge in [0.2, 0.25) is 5.24 Å². The first-order valence-electron chi connectivity index (χ1n) is 8.34. The zero-order valence-electron chi connectivity index (χ0n) is 14.8. The van der Waals surface area contributed by atoms with Crippen molar-refractivity contribution in [3.8, 4) is 17.2 Å². The SMILES string of the molecule is O=C(Cl)CCOc1ccc2cc(Oc3c(Cl)cc(C(F)(F)F)c(F)c3Cl)ccc2c1. The number of rotatable bonds is 6. The van der Waals surface area contributed by atoms with Gasteiger partial charge < -0.3 is 9.47 Å². The minimum atomic E-state index is -4.95. The smallest absolute Gasteiger partial charge is 0.419 e. The first-order chi connectivity index (χ1) is 14.1. The van der Waals surface area contributed by atoms with E-state index in [1.807, 2.05) is 0 Å². The lowest BCUT2D eigenvalue weighted by Crippen LogP contribution is -2.09. The third-order valence-corrected chi connectivity index (χ3v) is 4.80. The van der Waals surface area contributed by atoms with Gasteiger partial charge >= 0.3 is 6.18 Å². The monoisotopic (exact) mass is 480 g/mol. The predicted octanol–water partition coefficient (Wildman–Crippen LogP) is 7.63. The fourth-order valence-corrected chi connectivity index (χ4v) is 3.21. The molecule has 0 amide bonds. The Kier molecular flexibility index (Phi) is 6.65. The molecule has 0 unspecified atom stereocenters. The van der Waals surface area contributed by atoms with Crippen LogP contribution in [0.3, 0.4) is 0 Å². The van der Waals surface area contributed by atoms with Crippen LogP contribution in [-0.2, 0) is 11.0 Å². The van der Waals surface area contributed by atoms with Gasteiger partial charge in [-0.2, -0.15) is 13.2 Å². The van der Waals surface area contributed by atoms with Gasteiger partial charge in [-0.3, -0.25) is 4.79 Å². The van der Waals surface area contributed by atoms with Gasteiger partial charge in [0.05, 0.1) is 23.6 Å². The van der Waals surface area contributed by atoms with Crippen LogP contribution in [0.15, 0.2) is 42.5 Å². The van der Waals surface area contributed by atoms with E-state index in [0.717, 1.165) is 5.39 Å². The van der Waals surface area contributed by atoms with Crippen LogP contribution in [-0.4, -0.2) is 11.8 Å². The molecule has 0 saturated heterocycles. The quantitative estimate of drug-likeness (QED) is 0.206. The molecule has 0 spiro atoms. The fraction of sp³-hybridized carbons (Fsp3) is 0.150. The molecule has 0 radical (unpaired) electrons. The van der Waals surface area contributed by atoms with E-state index in [0.29, 0.717) is 17.2 Å². The molecule has 0 heterocycles. The average Bonchev–Trinajstić information content (AvgIpc) is 2.66. The zero-order chi connectivity index (χ0) is 22.1. The Morgan fingerprint density at radius 3 is 2.17 bits per heavy atom. The molecule has 10 heteroatoms. The predicted molar refractivity (Wildman–Crippen MR) is 106 cm³/mol. The molecule has 0 aliphatic carbocycles. The summed E-state index contributed by atoms with van der Waals surface area (Å²) in [6.07, 6.45) is -4.88. The normalized spacial score (nSPS) is 11.6. The number of alkyl halides is 3. The Balaban J connectivity index is 1.86.